The van der Waals surface area contributed by atoms with Gasteiger partial charge in [0.15, 0.2) is 0 Å². The van der Waals surface area contributed by atoms with Crippen molar-refractivity contribution < 1.29 is 8.42 Å². The molecule has 0 saturated heterocycles. The summed E-state index contributed by atoms with van der Waals surface area (Å²) < 4.78 is 28.0. The van der Waals surface area contributed by atoms with Gasteiger partial charge in [-0.05, 0) is 47.7 Å². The third kappa shape index (κ3) is 4.00. The number of nitrogens with one attached hydrogen (secondary N) is 1. The third-order valence-corrected chi connectivity index (χ3v) is 5.65. The molecule has 1 aromatic heterocycles. The Morgan fingerprint density at radius 3 is 2.63 bits per heavy atom. The Kier molecular flexibility index (Phi) is 4.97. The number of halogens is 1. The van der Waals surface area contributed by atoms with Gasteiger partial charge in [-0.3, -0.25) is 4.98 Å². The van der Waals surface area contributed by atoms with Gasteiger partial charge in [0.05, 0.1) is 0 Å². The van der Waals surface area contributed by atoms with Crippen molar-refractivity contribution in [1.29, 1.82) is 0 Å². The molecule has 4 nitrogen and oxygen atoms in total. The standard InChI is InChI=1S/C13H19BrN2O2S/c1-10(11-5-3-2-4-6-11)16-19(17,18)13-7-12(14)8-15-9-13/h7-11,16H,2-6H2,1H3. The molecule has 1 heterocycles. The van der Waals surface area contributed by atoms with Gasteiger partial charge >= 0.3 is 0 Å². The molecule has 6 heteroatoms. The summed E-state index contributed by atoms with van der Waals surface area (Å²) in [5.41, 5.74) is 0. The molecule has 1 aromatic rings. The molecule has 0 aromatic carbocycles. The predicted molar refractivity (Wildman–Crippen MR) is 78.3 cm³/mol. The first kappa shape index (κ1) is 14.9. The lowest BCUT2D eigenvalue weighted by Crippen LogP contribution is -2.38. The Hall–Kier alpha value is -0.460. The molecule has 1 saturated carbocycles. The van der Waals surface area contributed by atoms with Crippen LogP contribution < -0.4 is 4.72 Å². The summed E-state index contributed by atoms with van der Waals surface area (Å²) in [4.78, 5) is 4.12. The van der Waals surface area contributed by atoms with E-state index in [0.29, 0.717) is 10.4 Å². The van der Waals surface area contributed by atoms with Crippen molar-refractivity contribution in [3.05, 3.63) is 22.9 Å². The maximum Gasteiger partial charge on any atom is 0.242 e. The largest absolute Gasteiger partial charge is 0.262 e. The van der Waals surface area contributed by atoms with Crippen LogP contribution in [-0.2, 0) is 10.0 Å². The fraction of sp³-hybridized carbons (Fsp3) is 0.615. The quantitative estimate of drug-likeness (QED) is 0.911. The number of pyridine rings is 1. The first-order valence-corrected chi connectivity index (χ1v) is 8.89. The highest BCUT2D eigenvalue weighted by Gasteiger charge is 2.25. The van der Waals surface area contributed by atoms with E-state index in [9.17, 15) is 8.42 Å². The van der Waals surface area contributed by atoms with Crippen molar-refractivity contribution in [2.24, 2.45) is 5.92 Å². The van der Waals surface area contributed by atoms with E-state index in [4.69, 9.17) is 0 Å². The maximum absolute atomic E-state index is 12.3. The van der Waals surface area contributed by atoms with E-state index < -0.39 is 10.0 Å². The van der Waals surface area contributed by atoms with Gasteiger partial charge in [0.2, 0.25) is 10.0 Å². The zero-order valence-electron chi connectivity index (χ0n) is 11.0. The molecule has 1 aliphatic carbocycles. The summed E-state index contributed by atoms with van der Waals surface area (Å²) in [6.45, 7) is 1.96. The van der Waals surface area contributed by atoms with Crippen LogP contribution in [0.2, 0.25) is 0 Å². The van der Waals surface area contributed by atoms with E-state index >= 15 is 0 Å². The highest BCUT2D eigenvalue weighted by Crippen LogP contribution is 2.27. The summed E-state index contributed by atoms with van der Waals surface area (Å²) in [7, 11) is -3.47. The minimum atomic E-state index is -3.47. The lowest BCUT2D eigenvalue weighted by Gasteiger charge is -2.28. The molecule has 1 unspecified atom stereocenters. The molecule has 0 bridgehead atoms. The molecule has 2 rings (SSSR count). The van der Waals surface area contributed by atoms with Gasteiger partial charge in [0, 0.05) is 22.9 Å². The number of hydrogen-bond donors (Lipinski definition) is 1. The molecule has 1 aliphatic rings. The van der Waals surface area contributed by atoms with Crippen molar-refractivity contribution in [2.45, 2.75) is 50.0 Å². The minimum Gasteiger partial charge on any atom is -0.262 e. The zero-order valence-corrected chi connectivity index (χ0v) is 13.4. The van der Waals surface area contributed by atoms with E-state index in [1.807, 2.05) is 6.92 Å². The molecule has 0 amide bonds. The van der Waals surface area contributed by atoms with Crippen LogP contribution in [0.25, 0.3) is 0 Å². The molecule has 1 fully saturated rings. The molecule has 106 valence electrons. The van der Waals surface area contributed by atoms with Crippen LogP contribution in [0.4, 0.5) is 0 Å². The molecule has 0 aliphatic heterocycles. The van der Waals surface area contributed by atoms with Crippen LogP contribution in [0.15, 0.2) is 27.8 Å². The fourth-order valence-electron chi connectivity index (χ4n) is 2.58. The highest BCUT2D eigenvalue weighted by atomic mass is 79.9. The van der Waals surface area contributed by atoms with Crippen LogP contribution in [0.1, 0.15) is 39.0 Å². The second kappa shape index (κ2) is 6.33. The normalized spacial score (nSPS) is 19.3. The van der Waals surface area contributed by atoms with Crippen molar-refractivity contribution >= 4 is 26.0 Å². The van der Waals surface area contributed by atoms with Gasteiger partial charge in [0.25, 0.3) is 0 Å². The predicted octanol–water partition coefficient (Wildman–Crippen LogP) is 3.09. The Bertz CT molecular complexity index is 527. The van der Waals surface area contributed by atoms with E-state index in [0.717, 1.165) is 12.8 Å². The minimum absolute atomic E-state index is 0.0238. The molecular formula is C13H19BrN2O2S. The van der Waals surface area contributed by atoms with Gasteiger partial charge in [0.1, 0.15) is 4.90 Å². The maximum atomic E-state index is 12.3. The van der Waals surface area contributed by atoms with Crippen molar-refractivity contribution in [3.8, 4) is 0 Å². The highest BCUT2D eigenvalue weighted by molar-refractivity contribution is 9.10. The van der Waals surface area contributed by atoms with Gasteiger partial charge in [-0.2, -0.15) is 0 Å². The first-order chi connectivity index (χ1) is 8.99. The number of hydrogen-bond acceptors (Lipinski definition) is 3. The molecule has 0 radical (unpaired) electrons. The third-order valence-electron chi connectivity index (χ3n) is 3.69. The monoisotopic (exact) mass is 346 g/mol. The smallest absolute Gasteiger partial charge is 0.242 e. The summed E-state index contributed by atoms with van der Waals surface area (Å²) in [5, 5.41) is 0. The van der Waals surface area contributed by atoms with E-state index in [2.05, 4.69) is 25.6 Å². The number of aromatic nitrogens is 1. The van der Waals surface area contributed by atoms with Crippen molar-refractivity contribution in [1.82, 2.24) is 9.71 Å². The van der Waals surface area contributed by atoms with Gasteiger partial charge < -0.3 is 0 Å². The first-order valence-electron chi connectivity index (χ1n) is 6.62. The van der Waals surface area contributed by atoms with Crippen LogP contribution in [0.5, 0.6) is 0 Å². The molecule has 1 atom stereocenters. The molecule has 1 N–H and O–H groups in total. The number of sulfonamides is 1. The summed E-state index contributed by atoms with van der Waals surface area (Å²) in [6, 6.07) is 1.55. The Morgan fingerprint density at radius 2 is 2.00 bits per heavy atom. The lowest BCUT2D eigenvalue weighted by molar-refractivity contribution is 0.303. The van der Waals surface area contributed by atoms with E-state index in [1.54, 1.807) is 12.3 Å². The SMILES string of the molecule is CC(NS(=O)(=O)c1cncc(Br)c1)C1CCCCC1. The Labute approximate surface area is 123 Å². The Balaban J connectivity index is 2.08. The van der Waals surface area contributed by atoms with E-state index in [1.165, 1.54) is 25.5 Å². The van der Waals surface area contributed by atoms with Gasteiger partial charge in [-0.25, -0.2) is 13.1 Å². The van der Waals surface area contributed by atoms with Crippen LogP contribution in [0, 0.1) is 5.92 Å². The number of nitrogens with zero attached hydrogens (tertiary/aromatic N) is 1. The van der Waals surface area contributed by atoms with E-state index in [-0.39, 0.29) is 10.9 Å². The molecule has 0 spiro atoms. The van der Waals surface area contributed by atoms with Crippen molar-refractivity contribution in [2.75, 3.05) is 0 Å². The molecular weight excluding hydrogens is 328 g/mol. The summed E-state index contributed by atoms with van der Waals surface area (Å²) in [5.74, 6) is 0.448. The topological polar surface area (TPSA) is 59.1 Å². The fourth-order valence-corrected chi connectivity index (χ4v) is 4.40. The average Bonchev–Trinajstić information content (AvgIpc) is 2.39. The number of rotatable bonds is 4. The van der Waals surface area contributed by atoms with Crippen molar-refractivity contribution in [3.63, 3.8) is 0 Å². The second-order valence-corrected chi connectivity index (χ2v) is 7.78. The molecule has 19 heavy (non-hydrogen) atoms. The van der Waals surface area contributed by atoms with Gasteiger partial charge in [-0.1, -0.05) is 19.3 Å². The summed E-state index contributed by atoms with van der Waals surface area (Å²) in [6.07, 6.45) is 8.85. The lowest BCUT2D eigenvalue weighted by atomic mass is 9.85. The van der Waals surface area contributed by atoms with Crippen LogP contribution >= 0.6 is 15.9 Å². The summed E-state index contributed by atoms with van der Waals surface area (Å²) >= 11 is 3.24. The second-order valence-electron chi connectivity index (χ2n) is 5.15. The Morgan fingerprint density at radius 1 is 1.32 bits per heavy atom. The van der Waals surface area contributed by atoms with Gasteiger partial charge in [-0.15, -0.1) is 0 Å². The van der Waals surface area contributed by atoms with Crippen LogP contribution in [-0.4, -0.2) is 19.4 Å². The average molecular weight is 347 g/mol. The van der Waals surface area contributed by atoms with Crippen LogP contribution in [0.3, 0.4) is 0 Å². The zero-order chi connectivity index (χ0) is 13.9.